The molecule has 0 bridgehead atoms. The molecular formula is C12H24N2O2S. The van der Waals surface area contributed by atoms with Gasteiger partial charge in [-0.1, -0.05) is 13.8 Å². The predicted octanol–water partition coefficient (Wildman–Crippen LogP) is 2.55. The van der Waals surface area contributed by atoms with Gasteiger partial charge in [-0.25, -0.2) is 10.2 Å². The molecule has 1 heterocycles. The number of hydrogen-bond acceptors (Lipinski definition) is 4. The Labute approximate surface area is 108 Å². The maximum Gasteiger partial charge on any atom is 0.422 e. The summed E-state index contributed by atoms with van der Waals surface area (Å²) in [6.07, 6.45) is 0.654. The molecular weight excluding hydrogens is 236 g/mol. The van der Waals surface area contributed by atoms with Gasteiger partial charge < -0.3 is 4.74 Å². The van der Waals surface area contributed by atoms with Gasteiger partial charge in [0.05, 0.1) is 0 Å². The summed E-state index contributed by atoms with van der Waals surface area (Å²) in [4.78, 5) is 11.5. The minimum atomic E-state index is -0.452. The molecule has 1 aliphatic rings. The van der Waals surface area contributed by atoms with Crippen molar-refractivity contribution in [3.63, 3.8) is 0 Å². The number of carbonyl (C=O) groups excluding carboxylic acids is 1. The van der Waals surface area contributed by atoms with Crippen LogP contribution in [0.3, 0.4) is 0 Å². The van der Waals surface area contributed by atoms with Crippen molar-refractivity contribution in [2.75, 3.05) is 11.5 Å². The number of rotatable bonds is 2. The van der Waals surface area contributed by atoms with E-state index in [0.29, 0.717) is 11.5 Å². The molecule has 0 saturated carbocycles. The Kier molecular flexibility index (Phi) is 4.72. The number of amides is 1. The van der Waals surface area contributed by atoms with Crippen molar-refractivity contribution in [2.24, 2.45) is 5.41 Å². The summed E-state index contributed by atoms with van der Waals surface area (Å²) in [5.74, 6) is 2.21. The molecule has 1 unspecified atom stereocenters. The Morgan fingerprint density at radius 2 is 2.06 bits per heavy atom. The Bertz CT molecular complexity index is 274. The van der Waals surface area contributed by atoms with Gasteiger partial charge in [-0.05, 0) is 38.4 Å². The number of nitrogens with one attached hydrogen (secondary N) is 2. The maximum absolute atomic E-state index is 11.5. The van der Waals surface area contributed by atoms with E-state index in [0.717, 1.165) is 12.2 Å². The summed E-state index contributed by atoms with van der Waals surface area (Å²) >= 11 is 1.92. The van der Waals surface area contributed by atoms with Gasteiger partial charge in [0.2, 0.25) is 0 Å². The van der Waals surface area contributed by atoms with Gasteiger partial charge >= 0.3 is 6.09 Å². The fourth-order valence-corrected chi connectivity index (χ4v) is 3.09. The quantitative estimate of drug-likeness (QED) is 0.749. The lowest BCUT2D eigenvalue weighted by Crippen LogP contribution is -2.50. The van der Waals surface area contributed by atoms with E-state index in [9.17, 15) is 4.79 Å². The first-order valence-corrected chi connectivity index (χ1v) is 7.16. The number of carbonyl (C=O) groups is 1. The first kappa shape index (κ1) is 14.6. The van der Waals surface area contributed by atoms with Crippen LogP contribution in [0.25, 0.3) is 0 Å². The van der Waals surface area contributed by atoms with E-state index in [1.54, 1.807) is 0 Å². The molecule has 0 spiro atoms. The third kappa shape index (κ3) is 6.17. The molecule has 0 aromatic heterocycles. The molecule has 0 aliphatic carbocycles. The highest BCUT2D eigenvalue weighted by molar-refractivity contribution is 7.99. The van der Waals surface area contributed by atoms with Crippen LogP contribution in [0.4, 0.5) is 4.79 Å². The highest BCUT2D eigenvalue weighted by atomic mass is 32.2. The molecule has 1 rings (SSSR count). The van der Waals surface area contributed by atoms with Gasteiger partial charge in [-0.3, -0.25) is 5.43 Å². The first-order chi connectivity index (χ1) is 7.68. The second-order valence-corrected chi connectivity index (χ2v) is 7.38. The zero-order valence-electron chi connectivity index (χ0n) is 11.4. The number of thioether (sulfide) groups is 1. The van der Waals surface area contributed by atoms with E-state index < -0.39 is 11.7 Å². The lowest BCUT2D eigenvalue weighted by atomic mass is 9.88. The zero-order valence-corrected chi connectivity index (χ0v) is 12.2. The van der Waals surface area contributed by atoms with Crippen molar-refractivity contribution in [3.8, 4) is 0 Å². The van der Waals surface area contributed by atoms with Gasteiger partial charge in [-0.2, -0.15) is 11.8 Å². The van der Waals surface area contributed by atoms with E-state index in [1.165, 1.54) is 5.75 Å². The number of ether oxygens (including phenoxy) is 1. The minimum absolute atomic E-state index is 0.316. The van der Waals surface area contributed by atoms with Crippen LogP contribution in [0.15, 0.2) is 0 Å². The second-order valence-electron chi connectivity index (χ2n) is 6.35. The van der Waals surface area contributed by atoms with Crippen molar-refractivity contribution in [1.82, 2.24) is 10.9 Å². The van der Waals surface area contributed by atoms with Crippen LogP contribution in [0.5, 0.6) is 0 Å². The maximum atomic E-state index is 11.5. The van der Waals surface area contributed by atoms with Crippen molar-refractivity contribution < 1.29 is 9.53 Å². The monoisotopic (exact) mass is 260 g/mol. The standard InChI is InChI=1S/C12H24N2O2S/c1-11(2,3)16-10(15)14-13-9-6-12(4,5)8-17-7-9/h9,13H,6-8H2,1-5H3,(H,14,15). The number of hydrazine groups is 1. The second kappa shape index (κ2) is 5.48. The number of hydrogen-bond donors (Lipinski definition) is 2. The topological polar surface area (TPSA) is 50.4 Å². The van der Waals surface area contributed by atoms with Crippen molar-refractivity contribution in [2.45, 2.75) is 52.7 Å². The van der Waals surface area contributed by atoms with E-state index >= 15 is 0 Å². The molecule has 5 heteroatoms. The lowest BCUT2D eigenvalue weighted by molar-refractivity contribution is 0.0484. The van der Waals surface area contributed by atoms with Crippen LogP contribution in [-0.4, -0.2) is 29.2 Å². The van der Waals surface area contributed by atoms with E-state index in [-0.39, 0.29) is 0 Å². The molecule has 1 amide bonds. The zero-order chi connectivity index (χ0) is 13.1. The van der Waals surface area contributed by atoms with Gasteiger partial charge in [0.15, 0.2) is 0 Å². The van der Waals surface area contributed by atoms with E-state index in [4.69, 9.17) is 4.74 Å². The molecule has 2 N–H and O–H groups in total. The largest absolute Gasteiger partial charge is 0.443 e. The molecule has 1 atom stereocenters. The normalized spacial score (nSPS) is 24.2. The fourth-order valence-electron chi connectivity index (χ4n) is 1.82. The average molecular weight is 260 g/mol. The Hall–Kier alpha value is -0.420. The van der Waals surface area contributed by atoms with Gasteiger partial charge in [0.1, 0.15) is 5.60 Å². The molecule has 0 radical (unpaired) electrons. The SMILES string of the molecule is CC1(C)CSCC(NNC(=O)OC(C)(C)C)C1. The highest BCUT2D eigenvalue weighted by Gasteiger charge is 2.28. The molecule has 100 valence electrons. The minimum Gasteiger partial charge on any atom is -0.443 e. The highest BCUT2D eigenvalue weighted by Crippen LogP contribution is 2.33. The summed E-state index contributed by atoms with van der Waals surface area (Å²) in [6, 6.07) is 0.316. The van der Waals surface area contributed by atoms with Crippen LogP contribution in [-0.2, 0) is 4.74 Å². The van der Waals surface area contributed by atoms with Crippen LogP contribution < -0.4 is 10.9 Å². The molecule has 1 aliphatic heterocycles. The Morgan fingerprint density at radius 3 is 2.59 bits per heavy atom. The Morgan fingerprint density at radius 1 is 1.41 bits per heavy atom. The summed E-state index contributed by atoms with van der Waals surface area (Å²) in [5, 5.41) is 0. The van der Waals surface area contributed by atoms with Crippen LogP contribution in [0.2, 0.25) is 0 Å². The summed E-state index contributed by atoms with van der Waals surface area (Å²) < 4.78 is 5.16. The third-order valence-electron chi connectivity index (χ3n) is 2.39. The van der Waals surface area contributed by atoms with Crippen molar-refractivity contribution in [1.29, 1.82) is 0 Å². The van der Waals surface area contributed by atoms with Crippen LogP contribution in [0.1, 0.15) is 41.0 Å². The molecule has 1 fully saturated rings. The van der Waals surface area contributed by atoms with Crippen molar-refractivity contribution >= 4 is 17.9 Å². The summed E-state index contributed by atoms with van der Waals surface area (Å²) in [5.41, 5.74) is 5.55. The molecule has 0 aromatic rings. The van der Waals surface area contributed by atoms with E-state index in [1.807, 2.05) is 32.5 Å². The molecule has 1 saturated heterocycles. The van der Waals surface area contributed by atoms with Crippen LogP contribution >= 0.6 is 11.8 Å². The van der Waals surface area contributed by atoms with Gasteiger partial charge in [-0.15, -0.1) is 0 Å². The van der Waals surface area contributed by atoms with Gasteiger partial charge in [0, 0.05) is 11.8 Å². The first-order valence-electron chi connectivity index (χ1n) is 6.00. The van der Waals surface area contributed by atoms with E-state index in [2.05, 4.69) is 24.7 Å². The Balaban J connectivity index is 2.29. The lowest BCUT2D eigenvalue weighted by Gasteiger charge is -2.35. The average Bonchev–Trinajstić information content (AvgIpc) is 2.10. The van der Waals surface area contributed by atoms with Gasteiger partial charge in [0.25, 0.3) is 0 Å². The third-order valence-corrected chi connectivity index (χ3v) is 4.01. The molecule has 4 nitrogen and oxygen atoms in total. The fraction of sp³-hybridized carbons (Fsp3) is 0.917. The van der Waals surface area contributed by atoms with Crippen LogP contribution in [0, 0.1) is 5.41 Å². The van der Waals surface area contributed by atoms with Crippen molar-refractivity contribution in [3.05, 3.63) is 0 Å². The summed E-state index contributed by atoms with van der Waals surface area (Å²) in [6.45, 7) is 10.1. The smallest absolute Gasteiger partial charge is 0.422 e. The molecule has 17 heavy (non-hydrogen) atoms. The summed E-state index contributed by atoms with van der Waals surface area (Å²) in [7, 11) is 0. The predicted molar refractivity (Wildman–Crippen MR) is 72.0 cm³/mol. The molecule has 0 aromatic carbocycles.